The highest BCUT2D eigenvalue weighted by Crippen LogP contribution is 2.34. The zero-order chi connectivity index (χ0) is 23.8. The largest absolute Gasteiger partial charge is 0.491 e. The van der Waals surface area contributed by atoms with E-state index in [0.717, 1.165) is 35.7 Å². The fraction of sp³-hybridized carbons (Fsp3) is 0.520. The van der Waals surface area contributed by atoms with E-state index in [1.165, 1.54) is 6.07 Å². The minimum atomic E-state index is -0.590. The fourth-order valence-electron chi connectivity index (χ4n) is 3.70. The van der Waals surface area contributed by atoms with Gasteiger partial charge in [0.05, 0.1) is 5.88 Å². The molecule has 3 N–H and O–H groups in total. The molecular formula is C25H34ClFNO4S+. The number of thioether (sulfide) groups is 1. The molecule has 1 aliphatic heterocycles. The first kappa shape index (κ1) is 26.1. The van der Waals surface area contributed by atoms with Gasteiger partial charge in [0.1, 0.15) is 18.5 Å². The van der Waals surface area contributed by atoms with E-state index in [-0.39, 0.29) is 24.8 Å². The molecule has 0 aliphatic carbocycles. The lowest BCUT2D eigenvalue weighted by Crippen LogP contribution is -2.40. The number of rotatable bonds is 11. The van der Waals surface area contributed by atoms with Gasteiger partial charge >= 0.3 is 0 Å². The molecule has 1 aliphatic rings. The van der Waals surface area contributed by atoms with Gasteiger partial charge in [-0.05, 0) is 35.4 Å². The first-order chi connectivity index (χ1) is 15.8. The maximum atomic E-state index is 14.6. The number of β-amino-alcohol motifs (C(OH)–C–C–N with tert-alkyl or cyclic N) is 1. The second-order valence-corrected chi connectivity index (χ2v) is 10.4. The van der Waals surface area contributed by atoms with Crippen molar-refractivity contribution in [1.82, 2.24) is 4.90 Å². The van der Waals surface area contributed by atoms with Crippen molar-refractivity contribution in [1.29, 1.82) is 0 Å². The average Bonchev–Trinajstić information content (AvgIpc) is 2.82. The van der Waals surface area contributed by atoms with Crippen LogP contribution < -0.4 is 9.47 Å². The predicted octanol–water partition coefficient (Wildman–Crippen LogP) is 3.65. The zero-order valence-electron chi connectivity index (χ0n) is 19.2. The van der Waals surface area contributed by atoms with E-state index in [2.05, 4.69) is 4.90 Å². The molecule has 0 radical (unpaired) electrons. The van der Waals surface area contributed by atoms with E-state index in [0.29, 0.717) is 12.3 Å². The summed E-state index contributed by atoms with van der Waals surface area (Å²) in [7, 11) is 0. The summed E-state index contributed by atoms with van der Waals surface area (Å²) in [6.45, 7) is 7.02. The third kappa shape index (κ3) is 7.49. The topological polar surface area (TPSA) is 64.8 Å². The summed E-state index contributed by atoms with van der Waals surface area (Å²) in [5.41, 5.74) is 1.40. The van der Waals surface area contributed by atoms with Crippen molar-refractivity contribution in [2.75, 3.05) is 50.2 Å². The lowest BCUT2D eigenvalue weighted by Gasteiger charge is -2.28. The minimum absolute atomic E-state index is 0.0520. The highest BCUT2D eigenvalue weighted by atomic mass is 35.5. The molecule has 5 nitrogen and oxygen atoms in total. The van der Waals surface area contributed by atoms with Crippen LogP contribution in [0.25, 0.3) is 0 Å². The standard InChI is InChI=1S/C25H33ClFNO4S/c1-25(2,19-5-8-24(23(27)13-19)32-16-20(29)14-26)18-3-6-22(7-4-18)31-17-21(30)15-28-9-11-33-12-10-28/h3-8,13,20-21,29-30H,9-12,14-17H2,1-2H3/p+1. The third-order valence-corrected chi connectivity index (χ3v) is 7.19. The Kier molecular flexibility index (Phi) is 9.70. The van der Waals surface area contributed by atoms with Gasteiger partial charge in [-0.2, -0.15) is 11.8 Å². The molecule has 1 heterocycles. The molecule has 2 aromatic carbocycles. The Labute approximate surface area is 204 Å². The number of nitrogens with zero attached hydrogens (tertiary/aromatic N) is 1. The van der Waals surface area contributed by atoms with E-state index in [1.807, 2.05) is 55.9 Å². The molecule has 1 saturated heterocycles. The Morgan fingerprint density at radius 2 is 1.76 bits per heavy atom. The van der Waals surface area contributed by atoms with Crippen molar-refractivity contribution in [2.45, 2.75) is 31.5 Å². The summed E-state index contributed by atoms with van der Waals surface area (Å²) >= 11 is 7.56. The first-order valence-corrected chi connectivity index (χ1v) is 12.9. The fourth-order valence-corrected chi connectivity index (χ4v) is 4.77. The molecule has 8 heteroatoms. The highest BCUT2D eigenvalue weighted by Gasteiger charge is 2.25. The van der Waals surface area contributed by atoms with Crippen molar-refractivity contribution < 1.29 is 24.1 Å². The molecule has 0 amide bonds. The van der Waals surface area contributed by atoms with Crippen molar-refractivity contribution >= 4 is 23.4 Å². The van der Waals surface area contributed by atoms with Crippen molar-refractivity contribution in [3.8, 4) is 11.5 Å². The normalized spacial score (nSPS) is 16.9. The minimum Gasteiger partial charge on any atom is -0.491 e. The van der Waals surface area contributed by atoms with E-state index >= 15 is 0 Å². The quantitative estimate of drug-likeness (QED) is 0.378. The summed E-state index contributed by atoms with van der Waals surface area (Å²) in [6, 6.07) is 12.6. The van der Waals surface area contributed by atoms with Gasteiger partial charge in [0.15, 0.2) is 18.2 Å². The van der Waals surface area contributed by atoms with Crippen LogP contribution in [0.4, 0.5) is 4.39 Å². The second-order valence-electron chi connectivity index (χ2n) is 8.83. The van der Waals surface area contributed by atoms with Gasteiger partial charge in [-0.25, -0.2) is 4.39 Å². The van der Waals surface area contributed by atoms with Crippen LogP contribution in [0.2, 0.25) is 0 Å². The van der Waals surface area contributed by atoms with Crippen LogP contribution in [-0.4, -0.2) is 77.6 Å². The van der Waals surface area contributed by atoms with E-state index in [9.17, 15) is 9.50 Å². The average molecular weight is 499 g/mol. The Bertz CT molecular complexity index is 877. The van der Waals surface area contributed by atoms with Gasteiger partial charge in [0, 0.05) is 36.6 Å². The van der Waals surface area contributed by atoms with Crippen LogP contribution in [0.15, 0.2) is 42.5 Å². The molecule has 3 rings (SSSR count). The Morgan fingerprint density at radius 3 is 2.39 bits per heavy atom. The lowest BCUT2D eigenvalue weighted by molar-refractivity contribution is 0.0715. The summed E-state index contributed by atoms with van der Waals surface area (Å²) in [5.74, 6) is 2.74. The Hall–Kier alpha value is -1.51. The molecule has 182 valence electrons. The summed E-state index contributed by atoms with van der Waals surface area (Å²) in [5, 5.41) is 17.9. The van der Waals surface area contributed by atoms with Crippen LogP contribution in [0.5, 0.6) is 11.5 Å². The maximum Gasteiger partial charge on any atom is 0.202 e. The summed E-state index contributed by atoms with van der Waals surface area (Å²) < 4.78 is 25.8. The number of ether oxygens (including phenoxy) is 2. The van der Waals surface area contributed by atoms with Crippen molar-refractivity contribution in [3.63, 3.8) is 0 Å². The van der Waals surface area contributed by atoms with Gasteiger partial charge < -0.3 is 19.7 Å². The molecule has 2 unspecified atom stereocenters. The third-order valence-electron chi connectivity index (χ3n) is 5.87. The molecule has 2 aromatic rings. The predicted molar refractivity (Wildman–Crippen MR) is 134 cm³/mol. The van der Waals surface area contributed by atoms with Gasteiger partial charge in [0.25, 0.3) is 0 Å². The molecule has 1 fully saturated rings. The number of alkyl halides is 1. The monoisotopic (exact) mass is 498 g/mol. The second kappa shape index (κ2) is 12.3. The SMILES string of the molecule is CC(C)(c1ccc(OCC(O)CN2CCSCC2)cc1)c1ccc(OCC([OH2+])CCl)c(F)c1. The van der Waals surface area contributed by atoms with Crippen LogP contribution in [0.3, 0.4) is 0 Å². The molecule has 0 bridgehead atoms. The molecule has 0 aromatic heterocycles. The lowest BCUT2D eigenvalue weighted by atomic mass is 9.78. The van der Waals surface area contributed by atoms with Crippen LogP contribution in [-0.2, 0) is 5.41 Å². The maximum absolute atomic E-state index is 14.6. The molecule has 0 saturated carbocycles. The number of aliphatic hydroxyl groups is 1. The van der Waals surface area contributed by atoms with Gasteiger partial charge in [-0.15, -0.1) is 11.6 Å². The number of halogens is 2. The molecular weight excluding hydrogens is 465 g/mol. The zero-order valence-corrected chi connectivity index (χ0v) is 20.8. The first-order valence-electron chi connectivity index (χ1n) is 11.2. The van der Waals surface area contributed by atoms with E-state index < -0.39 is 23.4 Å². The molecule has 2 atom stereocenters. The van der Waals surface area contributed by atoms with E-state index in [1.54, 1.807) is 6.07 Å². The van der Waals surface area contributed by atoms with Crippen molar-refractivity contribution in [2.24, 2.45) is 0 Å². The molecule has 33 heavy (non-hydrogen) atoms. The number of benzene rings is 2. The van der Waals surface area contributed by atoms with Gasteiger partial charge in [-0.1, -0.05) is 32.0 Å². The van der Waals surface area contributed by atoms with E-state index in [4.69, 9.17) is 26.2 Å². The van der Waals surface area contributed by atoms with Crippen LogP contribution in [0, 0.1) is 5.82 Å². The Morgan fingerprint density at radius 1 is 1.09 bits per heavy atom. The number of hydrogen-bond acceptors (Lipinski definition) is 5. The smallest absolute Gasteiger partial charge is 0.202 e. The summed E-state index contributed by atoms with van der Waals surface area (Å²) in [6.07, 6.45) is -1.12. The number of hydrogen-bond donors (Lipinski definition) is 1. The van der Waals surface area contributed by atoms with Crippen LogP contribution in [0.1, 0.15) is 25.0 Å². The highest BCUT2D eigenvalue weighted by molar-refractivity contribution is 7.99. The number of aliphatic hydroxyl groups excluding tert-OH is 1. The molecule has 0 spiro atoms. The Balaban J connectivity index is 1.57. The van der Waals surface area contributed by atoms with Gasteiger partial charge in [0.2, 0.25) is 6.10 Å². The van der Waals surface area contributed by atoms with Gasteiger partial charge in [-0.3, -0.25) is 4.90 Å². The van der Waals surface area contributed by atoms with Crippen LogP contribution >= 0.6 is 23.4 Å². The summed E-state index contributed by atoms with van der Waals surface area (Å²) in [4.78, 5) is 2.27. The van der Waals surface area contributed by atoms with Crippen molar-refractivity contribution in [3.05, 3.63) is 59.4 Å².